The molecule has 3 N–H and O–H groups in total. The van der Waals surface area contributed by atoms with Crippen LogP contribution in [-0.4, -0.2) is 17.9 Å². The zero-order valence-corrected chi connectivity index (χ0v) is 14.9. The van der Waals surface area contributed by atoms with Crippen LogP contribution in [0.1, 0.15) is 31.4 Å². The van der Waals surface area contributed by atoms with Crippen molar-refractivity contribution in [1.82, 2.24) is 5.32 Å². The van der Waals surface area contributed by atoms with E-state index in [0.29, 0.717) is 22.0 Å². The second-order valence-corrected chi connectivity index (χ2v) is 6.69. The first-order valence-corrected chi connectivity index (χ1v) is 8.69. The molecule has 0 saturated heterocycles. The van der Waals surface area contributed by atoms with Gasteiger partial charge < -0.3 is 16.0 Å². The molecule has 1 saturated carbocycles. The maximum absolute atomic E-state index is 13.2. The van der Waals surface area contributed by atoms with Gasteiger partial charge in [0.15, 0.2) is 0 Å². The van der Waals surface area contributed by atoms with E-state index in [9.17, 15) is 14.0 Å². The highest BCUT2D eigenvalue weighted by atomic mass is 35.5. The first-order valence-electron chi connectivity index (χ1n) is 8.32. The van der Waals surface area contributed by atoms with Gasteiger partial charge in [0, 0.05) is 18.7 Å². The van der Waals surface area contributed by atoms with Gasteiger partial charge in [0.2, 0.25) is 11.8 Å². The highest BCUT2D eigenvalue weighted by Gasteiger charge is 2.28. The predicted octanol–water partition coefficient (Wildman–Crippen LogP) is 3.87. The van der Waals surface area contributed by atoms with Crippen molar-refractivity contribution >= 4 is 34.8 Å². The monoisotopic (exact) mass is 375 g/mol. The molecule has 1 aliphatic rings. The number of halogens is 2. The summed E-state index contributed by atoms with van der Waals surface area (Å²) in [5.41, 5.74) is 1.75. The Balaban J connectivity index is 1.82. The molecule has 0 aromatic heterocycles. The Hall–Kier alpha value is -2.60. The van der Waals surface area contributed by atoms with Gasteiger partial charge >= 0.3 is 0 Å². The standard InChI is InChI=1S/C19H19ClFN3O2/c1-11(25)22-17-9-8-15(10-16(17)20)23-18(19(26)24-14-6-7-14)12-2-4-13(21)5-3-12/h2-5,8-10,14,18,23H,6-7H2,1H3,(H,22,25)(H,24,26). The molecular formula is C19H19ClFN3O2. The van der Waals surface area contributed by atoms with E-state index in [2.05, 4.69) is 16.0 Å². The number of nitrogens with one attached hydrogen (secondary N) is 3. The lowest BCUT2D eigenvalue weighted by molar-refractivity contribution is -0.122. The second-order valence-electron chi connectivity index (χ2n) is 6.29. The van der Waals surface area contributed by atoms with E-state index < -0.39 is 6.04 Å². The van der Waals surface area contributed by atoms with E-state index in [-0.39, 0.29) is 23.7 Å². The van der Waals surface area contributed by atoms with E-state index in [1.807, 2.05) is 0 Å². The smallest absolute Gasteiger partial charge is 0.247 e. The number of carbonyl (C=O) groups excluding carboxylic acids is 2. The molecule has 0 radical (unpaired) electrons. The molecule has 0 heterocycles. The van der Waals surface area contributed by atoms with Crippen LogP contribution >= 0.6 is 11.6 Å². The molecule has 3 rings (SSSR count). The molecule has 2 aromatic rings. The summed E-state index contributed by atoms with van der Waals surface area (Å²) < 4.78 is 13.2. The van der Waals surface area contributed by atoms with Crippen LogP contribution in [0.2, 0.25) is 5.02 Å². The SMILES string of the molecule is CC(=O)Nc1ccc(NC(C(=O)NC2CC2)c2ccc(F)cc2)cc1Cl. The van der Waals surface area contributed by atoms with Crippen molar-refractivity contribution in [2.45, 2.75) is 31.8 Å². The van der Waals surface area contributed by atoms with Crippen molar-refractivity contribution in [3.05, 3.63) is 58.9 Å². The molecule has 0 bridgehead atoms. The number of carbonyl (C=O) groups is 2. The number of rotatable bonds is 6. The van der Waals surface area contributed by atoms with Crippen LogP contribution in [0.25, 0.3) is 0 Å². The zero-order valence-electron chi connectivity index (χ0n) is 14.2. The van der Waals surface area contributed by atoms with Gasteiger partial charge in [-0.2, -0.15) is 0 Å². The molecular weight excluding hydrogens is 357 g/mol. The zero-order chi connectivity index (χ0) is 18.7. The lowest BCUT2D eigenvalue weighted by Crippen LogP contribution is -2.34. The molecule has 26 heavy (non-hydrogen) atoms. The summed E-state index contributed by atoms with van der Waals surface area (Å²) in [6, 6.07) is 10.3. The van der Waals surface area contributed by atoms with Crippen LogP contribution in [-0.2, 0) is 9.59 Å². The first kappa shape index (κ1) is 18.2. The average molecular weight is 376 g/mol. The fourth-order valence-corrected chi connectivity index (χ4v) is 2.76. The molecule has 1 fully saturated rings. The Kier molecular flexibility index (Phi) is 5.42. The molecule has 136 valence electrons. The summed E-state index contributed by atoms with van der Waals surface area (Å²) in [5.74, 6) is -0.764. The average Bonchev–Trinajstić information content (AvgIpc) is 3.39. The fourth-order valence-electron chi connectivity index (χ4n) is 2.53. The molecule has 2 amide bonds. The summed E-state index contributed by atoms with van der Waals surface area (Å²) >= 11 is 6.19. The molecule has 5 nitrogen and oxygen atoms in total. The molecule has 2 aromatic carbocycles. The van der Waals surface area contributed by atoms with Gasteiger partial charge in [-0.05, 0) is 48.7 Å². The third-order valence-corrected chi connectivity index (χ3v) is 4.29. The van der Waals surface area contributed by atoms with E-state index in [1.54, 1.807) is 30.3 Å². The summed E-state index contributed by atoms with van der Waals surface area (Å²) in [4.78, 5) is 23.8. The van der Waals surface area contributed by atoms with Crippen LogP contribution in [0.4, 0.5) is 15.8 Å². The van der Waals surface area contributed by atoms with E-state index in [4.69, 9.17) is 11.6 Å². The third kappa shape index (κ3) is 4.73. The van der Waals surface area contributed by atoms with Crippen LogP contribution < -0.4 is 16.0 Å². The van der Waals surface area contributed by atoms with Crippen LogP contribution in [0.3, 0.4) is 0 Å². The van der Waals surface area contributed by atoms with Gasteiger partial charge in [-0.3, -0.25) is 9.59 Å². The quantitative estimate of drug-likeness (QED) is 0.717. The molecule has 1 aliphatic carbocycles. The summed E-state index contributed by atoms with van der Waals surface area (Å²) in [6.07, 6.45) is 1.94. The fraction of sp³-hybridized carbons (Fsp3) is 0.263. The topological polar surface area (TPSA) is 70.2 Å². The number of anilines is 2. The molecule has 7 heteroatoms. The lowest BCUT2D eigenvalue weighted by Gasteiger charge is -2.20. The van der Waals surface area contributed by atoms with Crippen LogP contribution in [0.15, 0.2) is 42.5 Å². The van der Waals surface area contributed by atoms with Gasteiger partial charge in [0.05, 0.1) is 10.7 Å². The number of hydrogen-bond donors (Lipinski definition) is 3. The van der Waals surface area contributed by atoms with E-state index in [0.717, 1.165) is 12.8 Å². The maximum atomic E-state index is 13.2. The Morgan fingerprint density at radius 3 is 2.42 bits per heavy atom. The van der Waals surface area contributed by atoms with Gasteiger partial charge in [-0.15, -0.1) is 0 Å². The first-order chi connectivity index (χ1) is 12.4. The summed E-state index contributed by atoms with van der Waals surface area (Å²) in [6.45, 7) is 1.40. The Bertz CT molecular complexity index is 822. The summed E-state index contributed by atoms with van der Waals surface area (Å²) in [7, 11) is 0. The molecule has 1 unspecified atom stereocenters. The number of amides is 2. The van der Waals surface area contributed by atoms with Crippen molar-refractivity contribution < 1.29 is 14.0 Å². The number of hydrogen-bond acceptors (Lipinski definition) is 3. The van der Waals surface area contributed by atoms with Crippen molar-refractivity contribution in [2.24, 2.45) is 0 Å². The molecule has 0 aliphatic heterocycles. The molecule has 0 spiro atoms. The maximum Gasteiger partial charge on any atom is 0.247 e. The van der Waals surface area contributed by atoms with Crippen LogP contribution in [0.5, 0.6) is 0 Å². The van der Waals surface area contributed by atoms with Crippen molar-refractivity contribution in [3.63, 3.8) is 0 Å². The van der Waals surface area contributed by atoms with E-state index >= 15 is 0 Å². The number of benzene rings is 2. The summed E-state index contributed by atoms with van der Waals surface area (Å²) in [5, 5.41) is 9.07. The van der Waals surface area contributed by atoms with Gasteiger partial charge in [0.1, 0.15) is 11.9 Å². The van der Waals surface area contributed by atoms with Gasteiger partial charge in [0.25, 0.3) is 0 Å². The Morgan fingerprint density at radius 2 is 1.85 bits per heavy atom. The van der Waals surface area contributed by atoms with Crippen molar-refractivity contribution in [2.75, 3.05) is 10.6 Å². The predicted molar refractivity (Wildman–Crippen MR) is 99.7 cm³/mol. The third-order valence-electron chi connectivity index (χ3n) is 3.98. The van der Waals surface area contributed by atoms with Gasteiger partial charge in [-0.25, -0.2) is 4.39 Å². The Labute approximate surface area is 155 Å². The molecule has 1 atom stereocenters. The largest absolute Gasteiger partial charge is 0.370 e. The second kappa shape index (κ2) is 7.74. The Morgan fingerprint density at radius 1 is 1.15 bits per heavy atom. The minimum atomic E-state index is -0.682. The minimum Gasteiger partial charge on any atom is -0.370 e. The van der Waals surface area contributed by atoms with Gasteiger partial charge in [-0.1, -0.05) is 23.7 Å². The minimum absolute atomic E-state index is 0.179. The van der Waals surface area contributed by atoms with Crippen molar-refractivity contribution in [3.8, 4) is 0 Å². The lowest BCUT2D eigenvalue weighted by atomic mass is 10.1. The van der Waals surface area contributed by atoms with Crippen LogP contribution in [0, 0.1) is 5.82 Å². The van der Waals surface area contributed by atoms with Crippen molar-refractivity contribution in [1.29, 1.82) is 0 Å². The highest BCUT2D eigenvalue weighted by molar-refractivity contribution is 6.34. The highest BCUT2D eigenvalue weighted by Crippen LogP contribution is 2.29. The normalized spacial score (nSPS) is 14.4. The van der Waals surface area contributed by atoms with E-state index in [1.165, 1.54) is 19.1 Å².